The highest BCUT2D eigenvalue weighted by molar-refractivity contribution is 6.24. The third kappa shape index (κ3) is 1.91. The standard InChI is InChI=1S/C10H12ClN5O4/c11-15-8-5-9(13-2-12-8)16(3-14-5)10-7(19)6(18)4(1-17)20-10/h2-4,6-7,10,17-19H,1H2,(H,12,13,15)/t4-,6-,7-,10-/m1/s1. The Kier molecular flexibility index (Phi) is 3.44. The van der Waals surface area contributed by atoms with Crippen LogP contribution in [0, 0.1) is 0 Å². The van der Waals surface area contributed by atoms with Crippen molar-refractivity contribution < 1.29 is 20.1 Å². The number of aliphatic hydroxyl groups is 3. The van der Waals surface area contributed by atoms with Gasteiger partial charge in [0.15, 0.2) is 23.2 Å². The molecule has 4 atom stereocenters. The first-order valence-corrected chi connectivity index (χ1v) is 6.21. The Morgan fingerprint density at radius 1 is 1.30 bits per heavy atom. The third-order valence-electron chi connectivity index (χ3n) is 3.24. The molecule has 2 aromatic rings. The molecule has 0 bridgehead atoms. The second-order valence-electron chi connectivity index (χ2n) is 4.37. The van der Waals surface area contributed by atoms with Crippen LogP contribution >= 0.6 is 11.8 Å². The predicted octanol–water partition coefficient (Wildman–Crippen LogP) is -0.997. The maximum absolute atomic E-state index is 10.00. The van der Waals surface area contributed by atoms with Gasteiger partial charge in [-0.15, -0.1) is 0 Å². The minimum Gasteiger partial charge on any atom is -0.394 e. The average molecular weight is 302 g/mol. The van der Waals surface area contributed by atoms with Crippen molar-refractivity contribution in [2.45, 2.75) is 24.5 Å². The highest BCUT2D eigenvalue weighted by Gasteiger charge is 2.43. The van der Waals surface area contributed by atoms with Gasteiger partial charge in [0, 0.05) is 11.8 Å². The fourth-order valence-electron chi connectivity index (χ4n) is 2.22. The summed E-state index contributed by atoms with van der Waals surface area (Å²) in [5, 5.41) is 28.9. The molecule has 1 aliphatic heterocycles. The van der Waals surface area contributed by atoms with E-state index in [4.69, 9.17) is 21.6 Å². The maximum atomic E-state index is 10.00. The van der Waals surface area contributed by atoms with Crippen LogP contribution in [0.15, 0.2) is 12.7 Å². The zero-order valence-electron chi connectivity index (χ0n) is 10.1. The van der Waals surface area contributed by atoms with E-state index in [9.17, 15) is 10.2 Å². The summed E-state index contributed by atoms with van der Waals surface area (Å²) >= 11 is 5.53. The Morgan fingerprint density at radius 3 is 2.75 bits per heavy atom. The molecule has 1 saturated heterocycles. The van der Waals surface area contributed by atoms with Crippen molar-refractivity contribution in [2.75, 3.05) is 11.4 Å². The largest absolute Gasteiger partial charge is 0.394 e. The molecule has 0 spiro atoms. The fraction of sp³-hybridized carbons (Fsp3) is 0.500. The summed E-state index contributed by atoms with van der Waals surface area (Å²) in [5.41, 5.74) is 0.790. The van der Waals surface area contributed by atoms with Gasteiger partial charge >= 0.3 is 0 Å². The average Bonchev–Trinajstić information content (AvgIpc) is 3.01. The molecule has 1 aliphatic rings. The third-order valence-corrected chi connectivity index (χ3v) is 3.42. The van der Waals surface area contributed by atoms with Crippen LogP contribution in [0.2, 0.25) is 0 Å². The number of nitrogens with zero attached hydrogens (tertiary/aromatic N) is 4. The molecule has 2 aromatic heterocycles. The lowest BCUT2D eigenvalue weighted by atomic mass is 10.1. The predicted molar refractivity (Wildman–Crippen MR) is 67.8 cm³/mol. The van der Waals surface area contributed by atoms with Gasteiger partial charge in [-0.05, 0) is 0 Å². The number of anilines is 1. The number of imidazole rings is 1. The lowest BCUT2D eigenvalue weighted by Gasteiger charge is -2.16. The molecule has 0 radical (unpaired) electrons. The van der Waals surface area contributed by atoms with E-state index < -0.39 is 31.1 Å². The molecule has 0 unspecified atom stereocenters. The molecule has 10 heteroatoms. The monoisotopic (exact) mass is 301 g/mol. The molecule has 0 saturated carbocycles. The summed E-state index contributed by atoms with van der Waals surface area (Å²) < 4.78 is 6.88. The molecule has 20 heavy (non-hydrogen) atoms. The number of rotatable bonds is 3. The smallest absolute Gasteiger partial charge is 0.172 e. The molecule has 3 rings (SSSR count). The molecule has 1 fully saturated rings. The van der Waals surface area contributed by atoms with Crippen LogP contribution in [-0.4, -0.2) is 59.8 Å². The molecule has 9 nitrogen and oxygen atoms in total. The molecule has 108 valence electrons. The van der Waals surface area contributed by atoms with Gasteiger partial charge in [-0.3, -0.25) is 9.40 Å². The fourth-order valence-corrected chi connectivity index (χ4v) is 2.36. The van der Waals surface area contributed by atoms with E-state index in [1.165, 1.54) is 17.2 Å². The molecule has 0 aromatic carbocycles. The second-order valence-corrected chi connectivity index (χ2v) is 4.56. The second kappa shape index (κ2) is 5.11. The maximum Gasteiger partial charge on any atom is 0.172 e. The Hall–Kier alpha value is -1.52. The van der Waals surface area contributed by atoms with Gasteiger partial charge < -0.3 is 20.1 Å². The van der Waals surface area contributed by atoms with Crippen LogP contribution in [-0.2, 0) is 4.74 Å². The molecule has 0 aliphatic carbocycles. The Morgan fingerprint density at radius 2 is 2.10 bits per heavy atom. The first-order chi connectivity index (χ1) is 9.67. The van der Waals surface area contributed by atoms with Crippen molar-refractivity contribution in [2.24, 2.45) is 0 Å². The van der Waals surface area contributed by atoms with Gasteiger partial charge in [0.1, 0.15) is 24.6 Å². The first-order valence-electron chi connectivity index (χ1n) is 5.84. The summed E-state index contributed by atoms with van der Waals surface area (Å²) in [6, 6.07) is 0. The van der Waals surface area contributed by atoms with Gasteiger partial charge in [0.25, 0.3) is 0 Å². The van der Waals surface area contributed by atoms with Crippen molar-refractivity contribution >= 4 is 28.8 Å². The number of aromatic nitrogens is 4. The van der Waals surface area contributed by atoms with Crippen LogP contribution < -0.4 is 4.84 Å². The van der Waals surface area contributed by atoms with E-state index in [1.807, 2.05) is 0 Å². The lowest BCUT2D eigenvalue weighted by molar-refractivity contribution is -0.0511. The van der Waals surface area contributed by atoms with Crippen molar-refractivity contribution in [3.63, 3.8) is 0 Å². The van der Waals surface area contributed by atoms with Crippen molar-refractivity contribution in [1.29, 1.82) is 0 Å². The highest BCUT2D eigenvalue weighted by Crippen LogP contribution is 2.31. The summed E-state index contributed by atoms with van der Waals surface area (Å²) in [7, 11) is 0. The van der Waals surface area contributed by atoms with Gasteiger partial charge in [0.05, 0.1) is 12.9 Å². The van der Waals surface area contributed by atoms with Gasteiger partial charge in [-0.25, -0.2) is 15.0 Å². The van der Waals surface area contributed by atoms with Crippen molar-refractivity contribution in [3.05, 3.63) is 12.7 Å². The zero-order valence-corrected chi connectivity index (χ0v) is 10.8. The minimum atomic E-state index is -1.20. The molecular formula is C10H12ClN5O4. The molecule has 0 amide bonds. The van der Waals surface area contributed by atoms with Gasteiger partial charge in [-0.1, -0.05) is 0 Å². The quantitative estimate of drug-likeness (QED) is 0.532. The number of halogens is 1. The van der Waals surface area contributed by atoms with Crippen molar-refractivity contribution in [3.8, 4) is 0 Å². The zero-order chi connectivity index (χ0) is 14.3. The Balaban J connectivity index is 2.03. The van der Waals surface area contributed by atoms with Gasteiger partial charge in [0.2, 0.25) is 0 Å². The summed E-state index contributed by atoms with van der Waals surface area (Å²) in [5.74, 6) is 0.321. The van der Waals surface area contributed by atoms with E-state index in [1.54, 1.807) is 0 Å². The normalized spacial score (nSPS) is 30.0. The number of ether oxygens (including phenoxy) is 1. The van der Waals surface area contributed by atoms with E-state index >= 15 is 0 Å². The SMILES string of the molecule is OC[C@H]1O[C@@H](n2cnc3c(NCl)ncnc32)[C@H](O)[C@@H]1O. The van der Waals surface area contributed by atoms with E-state index in [-0.39, 0.29) is 0 Å². The Bertz CT molecular complexity index is 623. The van der Waals surface area contributed by atoms with Crippen LogP contribution in [0.5, 0.6) is 0 Å². The molecule has 4 N–H and O–H groups in total. The minimum absolute atomic E-state index is 0.321. The number of nitrogens with one attached hydrogen (secondary N) is 1. The number of hydrogen-bond donors (Lipinski definition) is 4. The molecular weight excluding hydrogens is 290 g/mol. The van der Waals surface area contributed by atoms with Crippen LogP contribution in [0.1, 0.15) is 6.23 Å². The summed E-state index contributed by atoms with van der Waals surface area (Å²) in [6.07, 6.45) is -1.46. The van der Waals surface area contributed by atoms with E-state index in [0.717, 1.165) is 0 Å². The van der Waals surface area contributed by atoms with Crippen LogP contribution in [0.25, 0.3) is 11.2 Å². The number of aliphatic hydroxyl groups excluding tert-OH is 3. The van der Waals surface area contributed by atoms with Gasteiger partial charge in [-0.2, -0.15) is 0 Å². The van der Waals surface area contributed by atoms with E-state index in [2.05, 4.69) is 19.8 Å². The lowest BCUT2D eigenvalue weighted by Crippen LogP contribution is -2.33. The molecule has 3 heterocycles. The van der Waals surface area contributed by atoms with Crippen molar-refractivity contribution in [1.82, 2.24) is 19.5 Å². The van der Waals surface area contributed by atoms with Crippen LogP contribution in [0.3, 0.4) is 0 Å². The first kappa shape index (κ1) is 13.5. The number of hydrogen-bond acceptors (Lipinski definition) is 8. The Labute approximate surface area is 117 Å². The topological polar surface area (TPSA) is 126 Å². The van der Waals surface area contributed by atoms with Crippen LogP contribution in [0.4, 0.5) is 5.82 Å². The van der Waals surface area contributed by atoms with E-state index in [0.29, 0.717) is 17.0 Å². The summed E-state index contributed by atoms with van der Waals surface area (Å²) in [6.45, 7) is -0.398. The number of fused-ring (bicyclic) bond motifs is 1. The summed E-state index contributed by atoms with van der Waals surface area (Å²) in [4.78, 5) is 14.4. The highest BCUT2D eigenvalue weighted by atomic mass is 35.5.